The minimum atomic E-state index is 0.621. The molecule has 5 aromatic rings. The molecule has 0 amide bonds. The third-order valence-electron chi connectivity index (χ3n) is 5.79. The van der Waals surface area contributed by atoms with Gasteiger partial charge in [-0.25, -0.2) is 9.97 Å². The summed E-state index contributed by atoms with van der Waals surface area (Å²) in [6, 6.07) is 33.1. The van der Waals surface area contributed by atoms with E-state index >= 15 is 0 Å². The second kappa shape index (κ2) is 10.0. The molecule has 0 fully saturated rings. The molecule has 0 spiro atoms. The Hall–Kier alpha value is -4.38. The van der Waals surface area contributed by atoms with Gasteiger partial charge in [-0.15, -0.1) is 0 Å². The Balaban J connectivity index is 1.28. The fourth-order valence-electron chi connectivity index (χ4n) is 3.96. The normalized spacial score (nSPS) is 10.7. The SMILES string of the molecule is COc1ccc(NCc2cncn2Cc2ccc(-c3ccccc3)cc2)nc1-c1ccccc1. The van der Waals surface area contributed by atoms with Crippen LogP contribution in [0.4, 0.5) is 5.82 Å². The van der Waals surface area contributed by atoms with Gasteiger partial charge in [-0.1, -0.05) is 84.9 Å². The van der Waals surface area contributed by atoms with Crippen LogP contribution in [0.3, 0.4) is 0 Å². The van der Waals surface area contributed by atoms with E-state index in [0.29, 0.717) is 6.54 Å². The molecule has 0 aliphatic rings. The maximum atomic E-state index is 5.52. The minimum absolute atomic E-state index is 0.621. The lowest BCUT2D eigenvalue weighted by Gasteiger charge is -2.13. The fraction of sp³-hybridized carbons (Fsp3) is 0.103. The van der Waals surface area contributed by atoms with Crippen molar-refractivity contribution in [1.29, 1.82) is 0 Å². The first-order chi connectivity index (χ1) is 16.8. The van der Waals surface area contributed by atoms with Crippen LogP contribution in [0, 0.1) is 0 Å². The topological polar surface area (TPSA) is 52.0 Å². The monoisotopic (exact) mass is 446 g/mol. The number of hydrogen-bond acceptors (Lipinski definition) is 4. The maximum absolute atomic E-state index is 5.52. The second-order valence-corrected chi connectivity index (χ2v) is 8.04. The van der Waals surface area contributed by atoms with Gasteiger partial charge >= 0.3 is 0 Å². The van der Waals surface area contributed by atoms with E-state index in [1.165, 1.54) is 16.7 Å². The molecule has 0 radical (unpaired) electrons. The van der Waals surface area contributed by atoms with Crippen LogP contribution in [-0.2, 0) is 13.1 Å². The smallest absolute Gasteiger partial charge is 0.145 e. The number of imidazole rings is 1. The highest BCUT2D eigenvalue weighted by Gasteiger charge is 2.10. The number of benzene rings is 3. The zero-order valence-electron chi connectivity index (χ0n) is 19.1. The zero-order chi connectivity index (χ0) is 23.2. The van der Waals surface area contributed by atoms with E-state index in [1.807, 2.05) is 61.1 Å². The molecule has 0 unspecified atom stereocenters. The van der Waals surface area contributed by atoms with Crippen molar-refractivity contribution in [3.8, 4) is 28.1 Å². The molecule has 3 aromatic carbocycles. The lowest BCUT2D eigenvalue weighted by atomic mass is 10.0. The summed E-state index contributed by atoms with van der Waals surface area (Å²) in [5, 5.41) is 3.44. The van der Waals surface area contributed by atoms with E-state index in [9.17, 15) is 0 Å². The molecule has 0 bridgehead atoms. The average Bonchev–Trinajstić information content (AvgIpc) is 3.35. The number of nitrogens with one attached hydrogen (secondary N) is 1. The van der Waals surface area contributed by atoms with E-state index in [1.54, 1.807) is 7.11 Å². The molecule has 0 aliphatic carbocycles. The molecule has 34 heavy (non-hydrogen) atoms. The van der Waals surface area contributed by atoms with Crippen LogP contribution in [0.15, 0.2) is 110 Å². The molecule has 0 saturated carbocycles. The maximum Gasteiger partial charge on any atom is 0.145 e. The number of methoxy groups -OCH3 is 1. The molecular formula is C29H26N4O. The van der Waals surface area contributed by atoms with Crippen LogP contribution in [0.25, 0.3) is 22.4 Å². The van der Waals surface area contributed by atoms with Gasteiger partial charge in [-0.2, -0.15) is 0 Å². The summed E-state index contributed by atoms with van der Waals surface area (Å²) in [4.78, 5) is 9.17. The first-order valence-corrected chi connectivity index (χ1v) is 11.3. The molecule has 0 atom stereocenters. The van der Waals surface area contributed by atoms with E-state index in [-0.39, 0.29) is 0 Å². The van der Waals surface area contributed by atoms with E-state index < -0.39 is 0 Å². The average molecular weight is 447 g/mol. The summed E-state index contributed by atoms with van der Waals surface area (Å²) in [5.41, 5.74) is 6.60. The molecule has 0 aliphatic heterocycles. The number of ether oxygens (including phenoxy) is 1. The van der Waals surface area contributed by atoms with Gasteiger partial charge < -0.3 is 14.6 Å². The Morgan fingerprint density at radius 3 is 2.15 bits per heavy atom. The highest BCUT2D eigenvalue weighted by molar-refractivity contribution is 5.68. The zero-order valence-corrected chi connectivity index (χ0v) is 19.1. The van der Waals surface area contributed by atoms with Gasteiger partial charge in [-0.05, 0) is 28.8 Å². The van der Waals surface area contributed by atoms with Crippen molar-refractivity contribution < 1.29 is 4.74 Å². The van der Waals surface area contributed by atoms with Crippen LogP contribution in [0.2, 0.25) is 0 Å². The Labute approximate surface area is 199 Å². The van der Waals surface area contributed by atoms with Gasteiger partial charge in [0.25, 0.3) is 0 Å². The lowest BCUT2D eigenvalue weighted by Crippen LogP contribution is -2.09. The van der Waals surface area contributed by atoms with Crippen LogP contribution in [0.5, 0.6) is 5.75 Å². The highest BCUT2D eigenvalue weighted by Crippen LogP contribution is 2.29. The van der Waals surface area contributed by atoms with Gasteiger partial charge in [0.05, 0.1) is 25.7 Å². The summed E-state index contributed by atoms with van der Waals surface area (Å²) < 4.78 is 7.68. The number of anilines is 1. The van der Waals surface area contributed by atoms with Crippen molar-refractivity contribution in [2.45, 2.75) is 13.1 Å². The first-order valence-electron chi connectivity index (χ1n) is 11.3. The van der Waals surface area contributed by atoms with Crippen molar-refractivity contribution >= 4 is 5.82 Å². The molecule has 2 aromatic heterocycles. The standard InChI is InChI=1S/C29H26N4O/c1-34-27-16-17-28(32-29(27)25-10-6-3-7-11-25)31-19-26-18-30-21-33(26)20-22-12-14-24(15-13-22)23-8-4-2-5-9-23/h2-18,21H,19-20H2,1H3,(H,31,32). The Morgan fingerprint density at radius 1 is 0.765 bits per heavy atom. The third-order valence-corrected chi connectivity index (χ3v) is 5.79. The number of pyridine rings is 1. The number of aromatic nitrogens is 3. The van der Waals surface area contributed by atoms with Gasteiger partial charge in [0.2, 0.25) is 0 Å². The molecule has 1 N–H and O–H groups in total. The van der Waals surface area contributed by atoms with Crippen molar-refractivity contribution in [1.82, 2.24) is 14.5 Å². The van der Waals surface area contributed by atoms with Crippen molar-refractivity contribution in [3.05, 3.63) is 121 Å². The van der Waals surface area contributed by atoms with Gasteiger partial charge in [0.15, 0.2) is 0 Å². The molecule has 0 saturated heterocycles. The van der Waals surface area contributed by atoms with E-state index in [4.69, 9.17) is 9.72 Å². The summed E-state index contributed by atoms with van der Waals surface area (Å²) in [6.07, 6.45) is 3.77. The molecular weight excluding hydrogens is 420 g/mol. The number of nitrogens with zero attached hydrogens (tertiary/aromatic N) is 3. The molecule has 2 heterocycles. The fourth-order valence-corrected chi connectivity index (χ4v) is 3.96. The van der Waals surface area contributed by atoms with Gasteiger partial charge in [0.1, 0.15) is 17.3 Å². The van der Waals surface area contributed by atoms with Crippen LogP contribution < -0.4 is 10.1 Å². The Bertz CT molecular complexity index is 1350. The molecule has 5 heteroatoms. The highest BCUT2D eigenvalue weighted by atomic mass is 16.5. The Morgan fingerprint density at radius 2 is 1.44 bits per heavy atom. The minimum Gasteiger partial charge on any atom is -0.494 e. The lowest BCUT2D eigenvalue weighted by molar-refractivity contribution is 0.415. The van der Waals surface area contributed by atoms with E-state index in [2.05, 4.69) is 63.4 Å². The third kappa shape index (κ3) is 4.84. The summed E-state index contributed by atoms with van der Waals surface area (Å²) in [6.45, 7) is 1.38. The first kappa shape index (κ1) is 21.5. The van der Waals surface area contributed by atoms with Crippen molar-refractivity contribution in [3.63, 3.8) is 0 Å². The van der Waals surface area contributed by atoms with Crippen molar-refractivity contribution in [2.75, 3.05) is 12.4 Å². The summed E-state index contributed by atoms with van der Waals surface area (Å²) in [5.74, 6) is 1.54. The number of rotatable bonds is 8. The van der Waals surface area contributed by atoms with Crippen LogP contribution in [0.1, 0.15) is 11.3 Å². The summed E-state index contributed by atoms with van der Waals surface area (Å²) >= 11 is 0. The van der Waals surface area contributed by atoms with Crippen LogP contribution >= 0.6 is 0 Å². The molecule has 5 nitrogen and oxygen atoms in total. The second-order valence-electron chi connectivity index (χ2n) is 8.04. The van der Waals surface area contributed by atoms with Crippen LogP contribution in [-0.4, -0.2) is 21.6 Å². The quantitative estimate of drug-likeness (QED) is 0.305. The predicted molar refractivity (Wildman–Crippen MR) is 137 cm³/mol. The van der Waals surface area contributed by atoms with E-state index in [0.717, 1.165) is 35.1 Å². The number of hydrogen-bond donors (Lipinski definition) is 1. The van der Waals surface area contributed by atoms with Gasteiger partial charge in [0, 0.05) is 18.3 Å². The van der Waals surface area contributed by atoms with Gasteiger partial charge in [-0.3, -0.25) is 0 Å². The summed E-state index contributed by atoms with van der Waals surface area (Å²) in [7, 11) is 1.67. The Kier molecular flexibility index (Phi) is 6.34. The predicted octanol–water partition coefficient (Wildman–Crippen LogP) is 6.28. The van der Waals surface area contributed by atoms with Crippen molar-refractivity contribution in [2.24, 2.45) is 0 Å². The molecule has 168 valence electrons. The molecule has 5 rings (SSSR count). The largest absolute Gasteiger partial charge is 0.494 e.